The van der Waals surface area contributed by atoms with Crippen LogP contribution < -0.4 is 5.73 Å². The Morgan fingerprint density at radius 2 is 1.60 bits per heavy atom. The molecule has 0 saturated heterocycles. The largest absolute Gasteiger partial charge is 0.383 e. The summed E-state index contributed by atoms with van der Waals surface area (Å²) < 4.78 is 15.7. The summed E-state index contributed by atoms with van der Waals surface area (Å²) in [5, 5.41) is 7.16. The SMILES string of the molecule is Nc1cc(-c2ccc(F)cc2)nn1-c1nc(-c2ccc(Br)cc2)cs1. The molecule has 0 amide bonds. The van der Waals surface area contributed by atoms with E-state index >= 15 is 0 Å². The monoisotopic (exact) mass is 414 g/mol. The average Bonchev–Trinajstić information content (AvgIpc) is 3.23. The van der Waals surface area contributed by atoms with Crippen molar-refractivity contribution in [1.29, 1.82) is 0 Å². The first-order chi connectivity index (χ1) is 12.1. The quantitative estimate of drug-likeness (QED) is 0.504. The van der Waals surface area contributed by atoms with Crippen molar-refractivity contribution in [3.8, 4) is 27.6 Å². The fourth-order valence-electron chi connectivity index (χ4n) is 2.43. The lowest BCUT2D eigenvalue weighted by Gasteiger charge is -1.99. The number of aromatic nitrogens is 3. The molecule has 0 bridgehead atoms. The van der Waals surface area contributed by atoms with Crippen LogP contribution in [0.4, 0.5) is 10.2 Å². The van der Waals surface area contributed by atoms with Crippen LogP contribution in [0, 0.1) is 5.82 Å². The van der Waals surface area contributed by atoms with Crippen molar-refractivity contribution < 1.29 is 4.39 Å². The first-order valence-corrected chi connectivity index (χ1v) is 9.11. The molecule has 2 aromatic carbocycles. The molecule has 0 saturated carbocycles. The predicted molar refractivity (Wildman–Crippen MR) is 102 cm³/mol. The summed E-state index contributed by atoms with van der Waals surface area (Å²) in [5.74, 6) is 0.200. The molecule has 4 rings (SSSR count). The third-order valence-corrected chi connectivity index (χ3v) is 5.03. The average molecular weight is 415 g/mol. The lowest BCUT2D eigenvalue weighted by molar-refractivity contribution is 0.628. The Balaban J connectivity index is 1.69. The minimum absolute atomic E-state index is 0.282. The number of hydrogen-bond acceptors (Lipinski definition) is 4. The second-order valence-electron chi connectivity index (χ2n) is 5.40. The lowest BCUT2D eigenvalue weighted by Crippen LogP contribution is -2.01. The molecule has 2 N–H and O–H groups in total. The van der Waals surface area contributed by atoms with E-state index in [9.17, 15) is 4.39 Å². The number of hydrogen-bond donors (Lipinski definition) is 1. The third-order valence-electron chi connectivity index (χ3n) is 3.69. The first-order valence-electron chi connectivity index (χ1n) is 7.43. The standard InChI is InChI=1S/C18H12BrFN4S/c19-13-5-1-12(2-6-13)16-10-25-18(22-16)24-17(21)9-15(23-24)11-3-7-14(20)8-4-11/h1-10H,21H2. The summed E-state index contributed by atoms with van der Waals surface area (Å²) in [6.07, 6.45) is 0. The minimum atomic E-state index is -0.282. The van der Waals surface area contributed by atoms with E-state index in [4.69, 9.17) is 5.73 Å². The highest BCUT2D eigenvalue weighted by Crippen LogP contribution is 2.28. The van der Waals surface area contributed by atoms with E-state index in [0.717, 1.165) is 21.3 Å². The van der Waals surface area contributed by atoms with Gasteiger partial charge >= 0.3 is 0 Å². The van der Waals surface area contributed by atoms with Crippen molar-refractivity contribution in [1.82, 2.24) is 14.8 Å². The van der Waals surface area contributed by atoms with E-state index in [0.29, 0.717) is 16.6 Å². The van der Waals surface area contributed by atoms with Crippen LogP contribution in [0.3, 0.4) is 0 Å². The molecule has 25 heavy (non-hydrogen) atoms. The van der Waals surface area contributed by atoms with E-state index in [2.05, 4.69) is 26.0 Å². The molecule has 2 aromatic heterocycles. The van der Waals surface area contributed by atoms with Crippen molar-refractivity contribution in [2.45, 2.75) is 0 Å². The molecule has 2 heterocycles. The molecule has 0 aliphatic heterocycles. The van der Waals surface area contributed by atoms with Crippen molar-refractivity contribution in [3.63, 3.8) is 0 Å². The van der Waals surface area contributed by atoms with Crippen LogP contribution in [0.1, 0.15) is 0 Å². The molecule has 124 valence electrons. The van der Waals surface area contributed by atoms with Crippen molar-refractivity contribution in [2.24, 2.45) is 0 Å². The molecular formula is C18H12BrFN4S. The number of nitrogens with two attached hydrogens (primary N) is 1. The van der Waals surface area contributed by atoms with Crippen molar-refractivity contribution in [3.05, 3.63) is 70.3 Å². The number of thiazole rings is 1. The van der Waals surface area contributed by atoms with Gasteiger partial charge < -0.3 is 5.73 Å². The van der Waals surface area contributed by atoms with Crippen LogP contribution in [0.5, 0.6) is 0 Å². The maximum Gasteiger partial charge on any atom is 0.212 e. The highest BCUT2D eigenvalue weighted by Gasteiger charge is 2.13. The van der Waals surface area contributed by atoms with E-state index in [1.54, 1.807) is 22.9 Å². The molecule has 0 atom stereocenters. The Hall–Kier alpha value is -2.51. The number of nitrogen functional groups attached to an aromatic ring is 1. The molecule has 7 heteroatoms. The van der Waals surface area contributed by atoms with E-state index in [1.165, 1.54) is 23.5 Å². The molecule has 0 aliphatic rings. The fraction of sp³-hybridized carbons (Fsp3) is 0. The molecule has 0 unspecified atom stereocenters. The predicted octanol–water partition coefficient (Wildman–Crippen LogP) is 5.15. The molecule has 0 fully saturated rings. The van der Waals surface area contributed by atoms with Gasteiger partial charge in [0.05, 0.1) is 11.4 Å². The number of rotatable bonds is 3. The zero-order valence-corrected chi connectivity index (χ0v) is 15.3. The zero-order valence-electron chi connectivity index (χ0n) is 12.9. The van der Waals surface area contributed by atoms with Crippen molar-refractivity contribution in [2.75, 3.05) is 5.73 Å². The zero-order chi connectivity index (χ0) is 17.4. The second kappa shape index (κ2) is 6.42. The van der Waals surface area contributed by atoms with Gasteiger partial charge in [0.1, 0.15) is 11.6 Å². The van der Waals surface area contributed by atoms with Gasteiger partial charge in [-0.25, -0.2) is 9.37 Å². The molecule has 0 aliphatic carbocycles. The summed E-state index contributed by atoms with van der Waals surface area (Å²) in [5.41, 5.74) is 9.47. The summed E-state index contributed by atoms with van der Waals surface area (Å²) in [6, 6.07) is 15.9. The summed E-state index contributed by atoms with van der Waals surface area (Å²) in [7, 11) is 0. The Morgan fingerprint density at radius 1 is 0.960 bits per heavy atom. The maximum atomic E-state index is 13.1. The number of nitrogens with zero attached hydrogens (tertiary/aromatic N) is 3. The Kier molecular flexibility index (Phi) is 4.10. The number of benzene rings is 2. The van der Waals surface area contributed by atoms with Gasteiger partial charge in [-0.15, -0.1) is 11.3 Å². The Morgan fingerprint density at radius 3 is 2.32 bits per heavy atom. The van der Waals surface area contributed by atoms with Gasteiger partial charge in [0.15, 0.2) is 0 Å². The van der Waals surface area contributed by atoms with Gasteiger partial charge in [-0.2, -0.15) is 9.78 Å². The summed E-state index contributed by atoms with van der Waals surface area (Å²) >= 11 is 4.89. The summed E-state index contributed by atoms with van der Waals surface area (Å²) in [4.78, 5) is 4.63. The Bertz CT molecular complexity index is 1020. The number of halogens is 2. The summed E-state index contributed by atoms with van der Waals surface area (Å²) in [6.45, 7) is 0. The fourth-order valence-corrected chi connectivity index (χ4v) is 3.49. The number of anilines is 1. The van der Waals surface area contributed by atoms with E-state index in [1.807, 2.05) is 29.6 Å². The Labute approximate surface area is 155 Å². The van der Waals surface area contributed by atoms with Gasteiger partial charge in [0.25, 0.3) is 0 Å². The van der Waals surface area contributed by atoms with Gasteiger partial charge in [0, 0.05) is 27.0 Å². The van der Waals surface area contributed by atoms with E-state index < -0.39 is 0 Å². The molecule has 4 aromatic rings. The second-order valence-corrected chi connectivity index (χ2v) is 7.15. The third kappa shape index (κ3) is 3.20. The smallest absolute Gasteiger partial charge is 0.212 e. The lowest BCUT2D eigenvalue weighted by atomic mass is 10.1. The van der Waals surface area contributed by atoms with E-state index in [-0.39, 0.29) is 5.82 Å². The molecule has 0 radical (unpaired) electrons. The van der Waals surface area contributed by atoms with Gasteiger partial charge in [-0.05, 0) is 36.4 Å². The minimum Gasteiger partial charge on any atom is -0.383 e. The topological polar surface area (TPSA) is 56.7 Å². The maximum absolute atomic E-state index is 13.1. The normalized spacial score (nSPS) is 11.0. The first kappa shape index (κ1) is 16.0. The van der Waals surface area contributed by atoms with Crippen LogP contribution >= 0.6 is 27.3 Å². The van der Waals surface area contributed by atoms with Gasteiger partial charge in [-0.3, -0.25) is 0 Å². The van der Waals surface area contributed by atoms with Crippen LogP contribution in [-0.2, 0) is 0 Å². The highest BCUT2D eigenvalue weighted by atomic mass is 79.9. The highest BCUT2D eigenvalue weighted by molar-refractivity contribution is 9.10. The molecule has 0 spiro atoms. The van der Waals surface area contributed by atoms with Gasteiger partial charge in [0.2, 0.25) is 5.13 Å². The van der Waals surface area contributed by atoms with Crippen molar-refractivity contribution >= 4 is 33.1 Å². The van der Waals surface area contributed by atoms with Crippen LogP contribution in [0.2, 0.25) is 0 Å². The van der Waals surface area contributed by atoms with Crippen LogP contribution in [0.25, 0.3) is 27.6 Å². The molecular weight excluding hydrogens is 403 g/mol. The van der Waals surface area contributed by atoms with Crippen LogP contribution in [0.15, 0.2) is 64.5 Å². The van der Waals surface area contributed by atoms with Gasteiger partial charge in [-0.1, -0.05) is 28.1 Å². The van der Waals surface area contributed by atoms with Crippen LogP contribution in [-0.4, -0.2) is 14.8 Å². The molecule has 4 nitrogen and oxygen atoms in total.